The lowest BCUT2D eigenvalue weighted by atomic mass is 10.2. The van der Waals surface area contributed by atoms with Crippen molar-refractivity contribution in [1.82, 2.24) is 4.98 Å². The third-order valence-electron chi connectivity index (χ3n) is 3.58. The van der Waals surface area contributed by atoms with E-state index in [-0.39, 0.29) is 5.91 Å². The number of fused-ring (bicyclic) bond motifs is 1. The maximum atomic E-state index is 12.4. The van der Waals surface area contributed by atoms with Crippen LogP contribution in [0, 0.1) is 18.3 Å². The third-order valence-corrected chi connectivity index (χ3v) is 4.51. The molecule has 120 valence electrons. The van der Waals surface area contributed by atoms with Gasteiger partial charge < -0.3 is 10.6 Å². The molecule has 3 aromatic rings. The first-order chi connectivity index (χ1) is 11.6. The van der Waals surface area contributed by atoms with Crippen molar-refractivity contribution in [2.75, 3.05) is 10.6 Å². The van der Waals surface area contributed by atoms with Crippen LogP contribution in [0.4, 0.5) is 11.4 Å². The number of carbonyl (C=O) groups excluding carboxylic acids is 1. The predicted molar refractivity (Wildman–Crippen MR) is 97.2 cm³/mol. The number of nitrogens with zero attached hydrogens (tertiary/aromatic N) is 2. The number of hydrogen-bond acceptors (Lipinski definition) is 5. The number of nitrogens with one attached hydrogen (secondary N) is 2. The number of anilines is 2. The zero-order valence-electron chi connectivity index (χ0n) is 13.3. The Morgan fingerprint density at radius 3 is 2.88 bits per heavy atom. The van der Waals surface area contributed by atoms with Gasteiger partial charge in [0.25, 0.3) is 0 Å². The summed E-state index contributed by atoms with van der Waals surface area (Å²) in [6.45, 7) is 3.76. The molecule has 0 fully saturated rings. The molecule has 0 aliphatic rings. The van der Waals surface area contributed by atoms with E-state index in [4.69, 9.17) is 5.26 Å². The highest BCUT2D eigenvalue weighted by molar-refractivity contribution is 7.18. The maximum absolute atomic E-state index is 12.4. The van der Waals surface area contributed by atoms with E-state index < -0.39 is 6.04 Å². The number of benzene rings is 2. The van der Waals surface area contributed by atoms with Gasteiger partial charge in [-0.05, 0) is 44.2 Å². The van der Waals surface area contributed by atoms with Crippen LogP contribution in [-0.4, -0.2) is 16.9 Å². The molecule has 5 nitrogen and oxygen atoms in total. The fourth-order valence-corrected chi connectivity index (χ4v) is 3.24. The van der Waals surface area contributed by atoms with Crippen LogP contribution < -0.4 is 10.6 Å². The number of rotatable bonds is 4. The van der Waals surface area contributed by atoms with Crippen LogP contribution in [-0.2, 0) is 4.79 Å². The average molecular weight is 336 g/mol. The number of thiazole rings is 1. The van der Waals surface area contributed by atoms with Crippen LogP contribution in [0.5, 0.6) is 0 Å². The van der Waals surface area contributed by atoms with Gasteiger partial charge in [-0.15, -0.1) is 11.3 Å². The van der Waals surface area contributed by atoms with Crippen LogP contribution in [0.25, 0.3) is 10.2 Å². The summed E-state index contributed by atoms with van der Waals surface area (Å²) in [6, 6.07) is 14.4. The summed E-state index contributed by atoms with van der Waals surface area (Å²) < 4.78 is 1.08. The minimum absolute atomic E-state index is 0.196. The molecule has 0 aliphatic carbocycles. The molecule has 0 saturated carbocycles. The monoisotopic (exact) mass is 336 g/mol. The van der Waals surface area contributed by atoms with Crippen molar-refractivity contribution >= 4 is 38.8 Å². The Balaban J connectivity index is 1.72. The molecule has 24 heavy (non-hydrogen) atoms. The number of nitriles is 1. The van der Waals surface area contributed by atoms with Crippen LogP contribution in [0.2, 0.25) is 0 Å². The maximum Gasteiger partial charge on any atom is 0.246 e. The topological polar surface area (TPSA) is 77.8 Å². The van der Waals surface area contributed by atoms with Crippen molar-refractivity contribution in [3.63, 3.8) is 0 Å². The summed E-state index contributed by atoms with van der Waals surface area (Å²) in [5, 5.41) is 16.1. The zero-order valence-corrected chi connectivity index (χ0v) is 14.1. The molecular weight excluding hydrogens is 320 g/mol. The molecule has 3 rings (SSSR count). The van der Waals surface area contributed by atoms with E-state index in [0.29, 0.717) is 11.3 Å². The molecule has 2 aromatic carbocycles. The summed E-state index contributed by atoms with van der Waals surface area (Å²) in [5.74, 6) is -0.196. The quantitative estimate of drug-likeness (QED) is 0.757. The second-order valence-corrected chi connectivity index (χ2v) is 6.66. The first kappa shape index (κ1) is 16.0. The van der Waals surface area contributed by atoms with E-state index in [1.54, 1.807) is 42.5 Å². The number of aryl methyl sites for hydroxylation is 1. The van der Waals surface area contributed by atoms with Crippen molar-refractivity contribution in [3.8, 4) is 6.07 Å². The van der Waals surface area contributed by atoms with Crippen molar-refractivity contribution < 1.29 is 4.79 Å². The summed E-state index contributed by atoms with van der Waals surface area (Å²) in [5.41, 5.74) is 2.79. The van der Waals surface area contributed by atoms with Crippen molar-refractivity contribution in [3.05, 3.63) is 53.0 Å². The number of amides is 1. The van der Waals surface area contributed by atoms with Gasteiger partial charge in [-0.1, -0.05) is 12.1 Å². The molecule has 0 bridgehead atoms. The number of para-hydroxylation sites is 1. The summed E-state index contributed by atoms with van der Waals surface area (Å²) >= 11 is 1.62. The second kappa shape index (κ2) is 6.69. The van der Waals surface area contributed by atoms with E-state index in [1.165, 1.54) is 0 Å². The Hall–Kier alpha value is -2.91. The fourth-order valence-electron chi connectivity index (χ4n) is 2.38. The van der Waals surface area contributed by atoms with Gasteiger partial charge in [0.05, 0.1) is 26.5 Å². The van der Waals surface area contributed by atoms with Crippen molar-refractivity contribution in [1.29, 1.82) is 5.26 Å². The molecule has 1 aromatic heterocycles. The van der Waals surface area contributed by atoms with Gasteiger partial charge in [-0.3, -0.25) is 4.79 Å². The van der Waals surface area contributed by atoms with E-state index in [0.717, 1.165) is 20.9 Å². The van der Waals surface area contributed by atoms with Gasteiger partial charge in [0, 0.05) is 5.69 Å². The number of hydrogen-bond donors (Lipinski definition) is 2. The first-order valence-corrected chi connectivity index (χ1v) is 8.32. The highest BCUT2D eigenvalue weighted by Crippen LogP contribution is 2.25. The second-order valence-electron chi connectivity index (χ2n) is 5.43. The Morgan fingerprint density at radius 1 is 1.29 bits per heavy atom. The average Bonchev–Trinajstić information content (AvgIpc) is 2.94. The molecule has 2 N–H and O–H groups in total. The Labute approximate surface area is 144 Å². The van der Waals surface area contributed by atoms with Crippen LogP contribution in [0.3, 0.4) is 0 Å². The Bertz CT molecular complexity index is 942. The Morgan fingerprint density at radius 2 is 2.08 bits per heavy atom. The molecular formula is C18H16N4OS. The summed E-state index contributed by atoms with van der Waals surface area (Å²) in [6.07, 6.45) is 0. The van der Waals surface area contributed by atoms with Gasteiger partial charge in [0.15, 0.2) is 0 Å². The van der Waals surface area contributed by atoms with Crippen molar-refractivity contribution in [2.45, 2.75) is 19.9 Å². The minimum atomic E-state index is -0.441. The molecule has 0 spiro atoms. The molecule has 1 unspecified atom stereocenters. The van der Waals surface area contributed by atoms with E-state index in [2.05, 4.69) is 21.7 Å². The highest BCUT2D eigenvalue weighted by Gasteiger charge is 2.14. The minimum Gasteiger partial charge on any atom is -0.374 e. The predicted octanol–water partition coefficient (Wildman–Crippen LogP) is 3.92. The molecule has 1 atom stereocenters. The van der Waals surface area contributed by atoms with E-state index >= 15 is 0 Å². The number of aromatic nitrogens is 1. The van der Waals surface area contributed by atoms with Gasteiger partial charge in [-0.25, -0.2) is 4.98 Å². The zero-order chi connectivity index (χ0) is 17.1. The normalized spacial score (nSPS) is 11.7. The Kier molecular flexibility index (Phi) is 4.45. The molecule has 6 heteroatoms. The highest BCUT2D eigenvalue weighted by atomic mass is 32.1. The van der Waals surface area contributed by atoms with Crippen LogP contribution in [0.1, 0.15) is 17.5 Å². The lowest BCUT2D eigenvalue weighted by Crippen LogP contribution is -2.32. The summed E-state index contributed by atoms with van der Waals surface area (Å²) in [4.78, 5) is 16.8. The van der Waals surface area contributed by atoms with E-state index in [1.807, 2.05) is 25.1 Å². The van der Waals surface area contributed by atoms with Gasteiger partial charge >= 0.3 is 0 Å². The first-order valence-electron chi connectivity index (χ1n) is 7.50. The number of carbonyl (C=O) groups is 1. The van der Waals surface area contributed by atoms with Gasteiger partial charge in [0.2, 0.25) is 5.91 Å². The smallest absolute Gasteiger partial charge is 0.246 e. The van der Waals surface area contributed by atoms with Crippen molar-refractivity contribution in [2.24, 2.45) is 0 Å². The lowest BCUT2D eigenvalue weighted by Gasteiger charge is -2.15. The standard InChI is InChI=1S/C18H16N4OS/c1-11(18(23)22-15-6-4-3-5-13(15)10-19)20-14-7-8-16-17(9-14)24-12(2)21-16/h3-9,11,20H,1-2H3,(H,22,23). The molecule has 1 amide bonds. The molecule has 1 heterocycles. The lowest BCUT2D eigenvalue weighted by molar-refractivity contribution is -0.116. The molecule has 0 saturated heterocycles. The fraction of sp³-hybridized carbons (Fsp3) is 0.167. The van der Waals surface area contributed by atoms with Crippen LogP contribution >= 0.6 is 11.3 Å². The SMILES string of the molecule is Cc1nc2ccc(NC(C)C(=O)Nc3ccccc3C#N)cc2s1. The van der Waals surface area contributed by atoms with Gasteiger partial charge in [0.1, 0.15) is 12.1 Å². The third kappa shape index (κ3) is 3.36. The molecule has 0 radical (unpaired) electrons. The molecule has 0 aliphatic heterocycles. The van der Waals surface area contributed by atoms with E-state index in [9.17, 15) is 4.79 Å². The largest absolute Gasteiger partial charge is 0.374 e. The van der Waals surface area contributed by atoms with Gasteiger partial charge in [-0.2, -0.15) is 5.26 Å². The summed E-state index contributed by atoms with van der Waals surface area (Å²) in [7, 11) is 0. The van der Waals surface area contributed by atoms with Crippen LogP contribution in [0.15, 0.2) is 42.5 Å².